The molecule has 0 radical (unpaired) electrons. The van der Waals surface area contributed by atoms with Gasteiger partial charge in [-0.1, -0.05) is 56.3 Å². The average Bonchev–Trinajstić information content (AvgIpc) is 2.82. The standard InChI is InChI=1S/C25H32N4O5/c1-17(2)12-22(29-25(33)34-16-19-6-4-3-5-7-19)24(32)27-14-23(31)28-21(15-30)13-18-8-10-20(26)11-9-18/h3-11,15,17,21-22H,12-14,16,26H2,1-2H3,(H,27,32)(H,28,31)(H,29,33). The molecule has 0 aliphatic carbocycles. The molecule has 5 N–H and O–H groups in total. The number of carbonyl (C=O) groups excluding carboxylic acids is 4. The van der Waals surface area contributed by atoms with E-state index in [2.05, 4.69) is 16.0 Å². The summed E-state index contributed by atoms with van der Waals surface area (Å²) in [7, 11) is 0. The van der Waals surface area contributed by atoms with Crippen LogP contribution in [0.15, 0.2) is 54.6 Å². The summed E-state index contributed by atoms with van der Waals surface area (Å²) in [4.78, 5) is 48.5. The molecule has 0 saturated carbocycles. The van der Waals surface area contributed by atoms with Crippen LogP contribution in [0.2, 0.25) is 0 Å². The number of rotatable bonds is 12. The van der Waals surface area contributed by atoms with Crippen molar-refractivity contribution in [3.8, 4) is 0 Å². The Morgan fingerprint density at radius 1 is 0.971 bits per heavy atom. The van der Waals surface area contributed by atoms with Crippen molar-refractivity contribution in [2.75, 3.05) is 12.3 Å². The van der Waals surface area contributed by atoms with Gasteiger partial charge in [-0.15, -0.1) is 0 Å². The van der Waals surface area contributed by atoms with Crippen LogP contribution in [0.4, 0.5) is 10.5 Å². The quantitative estimate of drug-likeness (QED) is 0.277. The number of benzene rings is 2. The molecule has 34 heavy (non-hydrogen) atoms. The SMILES string of the molecule is CC(C)CC(NC(=O)OCc1ccccc1)C(=O)NCC(=O)NC(C=O)Cc1ccc(N)cc1. The third-order valence-electron chi connectivity index (χ3n) is 4.90. The summed E-state index contributed by atoms with van der Waals surface area (Å²) >= 11 is 0. The van der Waals surface area contributed by atoms with E-state index >= 15 is 0 Å². The van der Waals surface area contributed by atoms with Crippen LogP contribution in [-0.2, 0) is 32.1 Å². The molecule has 182 valence electrons. The molecule has 0 spiro atoms. The zero-order valence-electron chi connectivity index (χ0n) is 19.5. The van der Waals surface area contributed by atoms with Crippen LogP contribution in [-0.4, -0.2) is 42.8 Å². The fraction of sp³-hybridized carbons (Fsp3) is 0.360. The van der Waals surface area contributed by atoms with Gasteiger partial charge in [-0.2, -0.15) is 0 Å². The van der Waals surface area contributed by atoms with Gasteiger partial charge in [-0.3, -0.25) is 9.59 Å². The second kappa shape index (κ2) is 13.6. The van der Waals surface area contributed by atoms with E-state index in [4.69, 9.17) is 10.5 Å². The van der Waals surface area contributed by atoms with Gasteiger partial charge >= 0.3 is 6.09 Å². The van der Waals surface area contributed by atoms with Crippen molar-refractivity contribution >= 4 is 29.9 Å². The average molecular weight is 469 g/mol. The summed E-state index contributed by atoms with van der Waals surface area (Å²) in [6.07, 6.45) is 0.580. The first-order valence-electron chi connectivity index (χ1n) is 11.1. The van der Waals surface area contributed by atoms with Gasteiger partial charge in [0.2, 0.25) is 11.8 Å². The molecule has 2 rings (SSSR count). The van der Waals surface area contributed by atoms with Gasteiger partial charge < -0.3 is 31.2 Å². The number of anilines is 1. The molecule has 2 atom stereocenters. The molecule has 2 unspecified atom stereocenters. The Kier molecular flexibility index (Phi) is 10.6. The van der Waals surface area contributed by atoms with Gasteiger partial charge in [0.05, 0.1) is 12.6 Å². The number of hydrogen-bond acceptors (Lipinski definition) is 6. The number of nitrogens with two attached hydrogens (primary N) is 1. The largest absolute Gasteiger partial charge is 0.445 e. The van der Waals surface area contributed by atoms with E-state index in [-0.39, 0.29) is 19.1 Å². The highest BCUT2D eigenvalue weighted by Gasteiger charge is 2.23. The lowest BCUT2D eigenvalue weighted by Crippen LogP contribution is -2.50. The van der Waals surface area contributed by atoms with Gasteiger partial charge in [-0.05, 0) is 42.0 Å². The zero-order chi connectivity index (χ0) is 24.9. The highest BCUT2D eigenvalue weighted by atomic mass is 16.5. The fourth-order valence-electron chi connectivity index (χ4n) is 3.20. The Morgan fingerprint density at radius 2 is 1.65 bits per heavy atom. The van der Waals surface area contributed by atoms with Crippen LogP contribution in [0.5, 0.6) is 0 Å². The first-order chi connectivity index (χ1) is 16.3. The smallest absolute Gasteiger partial charge is 0.408 e. The summed E-state index contributed by atoms with van der Waals surface area (Å²) < 4.78 is 5.19. The summed E-state index contributed by atoms with van der Waals surface area (Å²) in [6.45, 7) is 3.57. The van der Waals surface area contributed by atoms with Crippen LogP contribution >= 0.6 is 0 Å². The van der Waals surface area contributed by atoms with Crippen LogP contribution < -0.4 is 21.7 Å². The van der Waals surface area contributed by atoms with Crippen molar-refractivity contribution < 1.29 is 23.9 Å². The monoisotopic (exact) mass is 468 g/mol. The summed E-state index contributed by atoms with van der Waals surface area (Å²) in [5.74, 6) is -0.920. The highest BCUT2D eigenvalue weighted by Crippen LogP contribution is 2.08. The van der Waals surface area contributed by atoms with Gasteiger partial charge in [0.25, 0.3) is 0 Å². The first-order valence-corrected chi connectivity index (χ1v) is 11.1. The van der Waals surface area contributed by atoms with Crippen molar-refractivity contribution in [1.82, 2.24) is 16.0 Å². The lowest BCUT2D eigenvalue weighted by molar-refractivity contribution is -0.128. The molecule has 2 aromatic rings. The lowest BCUT2D eigenvalue weighted by atomic mass is 10.0. The van der Waals surface area contributed by atoms with Crippen molar-refractivity contribution in [2.45, 2.75) is 45.4 Å². The third kappa shape index (κ3) is 9.72. The maximum Gasteiger partial charge on any atom is 0.408 e. The van der Waals surface area contributed by atoms with Crippen LogP contribution in [0.3, 0.4) is 0 Å². The summed E-state index contributed by atoms with van der Waals surface area (Å²) in [5.41, 5.74) is 7.92. The first kappa shape index (κ1) is 26.4. The Balaban J connectivity index is 1.83. The molecule has 2 aromatic carbocycles. The van der Waals surface area contributed by atoms with Crippen molar-refractivity contribution in [3.63, 3.8) is 0 Å². The van der Waals surface area contributed by atoms with E-state index in [0.717, 1.165) is 11.1 Å². The van der Waals surface area contributed by atoms with Crippen LogP contribution in [0.1, 0.15) is 31.4 Å². The predicted molar refractivity (Wildman–Crippen MR) is 129 cm³/mol. The topological polar surface area (TPSA) is 140 Å². The number of nitrogens with one attached hydrogen (secondary N) is 3. The predicted octanol–water partition coefficient (Wildman–Crippen LogP) is 1.95. The van der Waals surface area contributed by atoms with Crippen molar-refractivity contribution in [3.05, 3.63) is 65.7 Å². The third-order valence-corrected chi connectivity index (χ3v) is 4.90. The van der Waals surface area contributed by atoms with E-state index in [1.165, 1.54) is 0 Å². The van der Waals surface area contributed by atoms with Gasteiger partial charge in [0, 0.05) is 5.69 Å². The van der Waals surface area contributed by atoms with E-state index < -0.39 is 30.0 Å². The number of nitrogen functional groups attached to an aromatic ring is 1. The number of aldehydes is 1. The lowest BCUT2D eigenvalue weighted by Gasteiger charge is -2.20. The maximum atomic E-state index is 12.6. The van der Waals surface area contributed by atoms with E-state index in [9.17, 15) is 19.2 Å². The number of alkyl carbamates (subject to hydrolysis) is 1. The molecule has 0 bridgehead atoms. The van der Waals surface area contributed by atoms with Crippen LogP contribution in [0.25, 0.3) is 0 Å². The summed E-state index contributed by atoms with van der Waals surface area (Å²) in [6, 6.07) is 14.5. The normalized spacial score (nSPS) is 12.3. The van der Waals surface area contributed by atoms with Gasteiger partial charge in [-0.25, -0.2) is 4.79 Å². The minimum atomic E-state index is -0.868. The molecule has 0 aromatic heterocycles. The van der Waals surface area contributed by atoms with E-state index in [1.807, 2.05) is 44.2 Å². The fourth-order valence-corrected chi connectivity index (χ4v) is 3.20. The Labute approximate surface area is 199 Å². The van der Waals surface area contributed by atoms with Gasteiger partial charge in [0.15, 0.2) is 0 Å². The number of hydrogen-bond donors (Lipinski definition) is 4. The molecular formula is C25H32N4O5. The molecule has 0 aliphatic heterocycles. The van der Waals surface area contributed by atoms with E-state index in [1.54, 1.807) is 24.3 Å². The molecule has 0 saturated heterocycles. The van der Waals surface area contributed by atoms with Crippen LogP contribution in [0, 0.1) is 5.92 Å². The highest BCUT2D eigenvalue weighted by molar-refractivity contribution is 5.90. The second-order valence-electron chi connectivity index (χ2n) is 8.36. The molecule has 0 fully saturated rings. The van der Waals surface area contributed by atoms with E-state index in [0.29, 0.717) is 24.8 Å². The molecule has 0 aliphatic rings. The molecule has 9 nitrogen and oxygen atoms in total. The Morgan fingerprint density at radius 3 is 2.26 bits per heavy atom. The Bertz CT molecular complexity index is 948. The maximum absolute atomic E-state index is 12.6. The minimum Gasteiger partial charge on any atom is -0.445 e. The number of amides is 3. The zero-order valence-corrected chi connectivity index (χ0v) is 19.5. The summed E-state index contributed by atoms with van der Waals surface area (Å²) in [5, 5.41) is 7.65. The number of ether oxygens (including phenoxy) is 1. The number of carbonyl (C=O) groups is 4. The van der Waals surface area contributed by atoms with Crippen molar-refractivity contribution in [1.29, 1.82) is 0 Å². The molecule has 9 heteroatoms. The van der Waals surface area contributed by atoms with Gasteiger partial charge in [0.1, 0.15) is 18.9 Å². The molecule has 3 amide bonds. The van der Waals surface area contributed by atoms with Crippen molar-refractivity contribution in [2.24, 2.45) is 5.92 Å². The second-order valence-corrected chi connectivity index (χ2v) is 8.36. The minimum absolute atomic E-state index is 0.0756. The molecular weight excluding hydrogens is 436 g/mol. The Hall–Kier alpha value is -3.88. The molecule has 0 heterocycles.